The first-order chi connectivity index (χ1) is 6.24. The Morgan fingerprint density at radius 1 is 1.46 bits per heavy atom. The molecule has 13 heavy (non-hydrogen) atoms. The first kappa shape index (κ1) is 7.98. The van der Waals surface area contributed by atoms with Gasteiger partial charge in [-0.15, -0.1) is 0 Å². The molecule has 0 saturated carbocycles. The zero-order valence-corrected chi connectivity index (χ0v) is 7.61. The van der Waals surface area contributed by atoms with Gasteiger partial charge in [-0.3, -0.25) is 9.48 Å². The van der Waals surface area contributed by atoms with Crippen LogP contribution in [0.2, 0.25) is 0 Å². The summed E-state index contributed by atoms with van der Waals surface area (Å²) in [5, 5.41) is 5.11. The predicted molar refractivity (Wildman–Crippen MR) is 50.8 cm³/mol. The van der Waals surface area contributed by atoms with Crippen LogP contribution in [0.15, 0.2) is 18.3 Å². The second-order valence-corrected chi connectivity index (χ2v) is 3.12. The molecule has 0 N–H and O–H groups in total. The largest absolute Gasteiger partial charge is 0.298 e. The third-order valence-electron chi connectivity index (χ3n) is 2.28. The van der Waals surface area contributed by atoms with Crippen LogP contribution in [0.4, 0.5) is 0 Å². The number of carbonyl (C=O) groups excluding carboxylic acids is 1. The smallest absolute Gasteiger partial charge is 0.152 e. The first-order valence-corrected chi connectivity index (χ1v) is 4.10. The highest BCUT2D eigenvalue weighted by Crippen LogP contribution is 2.19. The van der Waals surface area contributed by atoms with Crippen molar-refractivity contribution in [3.63, 3.8) is 0 Å². The number of aryl methyl sites for hydroxylation is 2. The van der Waals surface area contributed by atoms with Gasteiger partial charge in [-0.2, -0.15) is 5.10 Å². The zero-order valence-electron chi connectivity index (χ0n) is 7.61. The quantitative estimate of drug-likeness (QED) is 0.617. The van der Waals surface area contributed by atoms with Gasteiger partial charge in [0.2, 0.25) is 0 Å². The molecule has 0 aliphatic rings. The number of nitrogens with zero attached hydrogens (tertiary/aromatic N) is 2. The third kappa shape index (κ3) is 1.04. The van der Waals surface area contributed by atoms with Crippen molar-refractivity contribution in [1.82, 2.24) is 9.78 Å². The molecule has 0 saturated heterocycles. The van der Waals surface area contributed by atoms with Crippen LogP contribution in [0.3, 0.4) is 0 Å². The van der Waals surface area contributed by atoms with Crippen molar-refractivity contribution in [2.24, 2.45) is 7.05 Å². The molecule has 2 rings (SSSR count). The van der Waals surface area contributed by atoms with Crippen molar-refractivity contribution in [2.45, 2.75) is 6.92 Å². The van der Waals surface area contributed by atoms with Gasteiger partial charge in [-0.05, 0) is 12.5 Å². The van der Waals surface area contributed by atoms with E-state index in [-0.39, 0.29) is 0 Å². The van der Waals surface area contributed by atoms with E-state index in [0.717, 1.165) is 28.3 Å². The van der Waals surface area contributed by atoms with Crippen LogP contribution in [0.5, 0.6) is 0 Å². The van der Waals surface area contributed by atoms with E-state index in [9.17, 15) is 4.79 Å². The summed E-state index contributed by atoms with van der Waals surface area (Å²) in [7, 11) is 1.84. The lowest BCUT2D eigenvalue weighted by Crippen LogP contribution is -1.95. The van der Waals surface area contributed by atoms with E-state index in [1.165, 1.54) is 0 Å². The fraction of sp³-hybridized carbons (Fsp3) is 0.200. The number of benzene rings is 1. The monoisotopic (exact) mass is 174 g/mol. The van der Waals surface area contributed by atoms with Gasteiger partial charge in [0.1, 0.15) is 0 Å². The fourth-order valence-electron chi connectivity index (χ4n) is 1.55. The van der Waals surface area contributed by atoms with Crippen molar-refractivity contribution in [1.29, 1.82) is 0 Å². The number of hydrogen-bond donors (Lipinski definition) is 0. The van der Waals surface area contributed by atoms with Crippen molar-refractivity contribution in [3.05, 3.63) is 29.5 Å². The predicted octanol–water partition coefficient (Wildman–Crippen LogP) is 1.69. The van der Waals surface area contributed by atoms with Crippen molar-refractivity contribution >= 4 is 17.2 Å². The number of rotatable bonds is 1. The Hall–Kier alpha value is -1.64. The molecule has 1 aromatic heterocycles. The Bertz CT molecular complexity index is 471. The fourth-order valence-corrected chi connectivity index (χ4v) is 1.55. The maximum Gasteiger partial charge on any atom is 0.152 e. The molecule has 3 nitrogen and oxygen atoms in total. The molecule has 0 bridgehead atoms. The highest BCUT2D eigenvalue weighted by Gasteiger charge is 2.07. The van der Waals surface area contributed by atoms with Crippen molar-refractivity contribution in [2.75, 3.05) is 0 Å². The van der Waals surface area contributed by atoms with Crippen molar-refractivity contribution in [3.8, 4) is 0 Å². The number of aromatic nitrogens is 2. The van der Waals surface area contributed by atoms with E-state index in [4.69, 9.17) is 0 Å². The third-order valence-corrected chi connectivity index (χ3v) is 2.28. The molecule has 0 amide bonds. The number of fused-ring (bicyclic) bond motifs is 1. The molecule has 0 fully saturated rings. The molecule has 1 heterocycles. The number of aldehydes is 1. The van der Waals surface area contributed by atoms with Crippen LogP contribution in [-0.4, -0.2) is 16.1 Å². The zero-order chi connectivity index (χ0) is 9.42. The molecular formula is C10H10N2O. The van der Waals surface area contributed by atoms with Crippen molar-refractivity contribution < 1.29 is 4.79 Å². The molecule has 2 aromatic rings. The van der Waals surface area contributed by atoms with E-state index in [0.29, 0.717) is 0 Å². The standard InChI is InChI=1S/C10H10N2O/c1-7-3-4-8-5-11-12(2)10(8)9(7)6-13/h3-6H,1-2H3. The normalized spacial score (nSPS) is 10.6. The minimum Gasteiger partial charge on any atom is -0.298 e. The summed E-state index contributed by atoms with van der Waals surface area (Å²) >= 11 is 0. The number of hydrogen-bond acceptors (Lipinski definition) is 2. The Labute approximate surface area is 76.0 Å². The second-order valence-electron chi connectivity index (χ2n) is 3.12. The minimum absolute atomic E-state index is 0.734. The summed E-state index contributed by atoms with van der Waals surface area (Å²) in [4.78, 5) is 10.9. The van der Waals surface area contributed by atoms with Gasteiger partial charge in [-0.25, -0.2) is 0 Å². The maximum absolute atomic E-state index is 10.9. The van der Waals surface area contributed by atoms with Gasteiger partial charge >= 0.3 is 0 Å². The van der Waals surface area contributed by atoms with E-state index >= 15 is 0 Å². The molecule has 66 valence electrons. The van der Waals surface area contributed by atoms with Crippen LogP contribution >= 0.6 is 0 Å². The first-order valence-electron chi connectivity index (χ1n) is 4.10. The summed E-state index contributed by atoms with van der Waals surface area (Å²) in [6.07, 6.45) is 2.65. The van der Waals surface area contributed by atoms with E-state index in [1.807, 2.05) is 26.1 Å². The van der Waals surface area contributed by atoms with Crippen LogP contribution in [0.25, 0.3) is 10.9 Å². The van der Waals surface area contributed by atoms with Crippen LogP contribution in [-0.2, 0) is 7.05 Å². The lowest BCUT2D eigenvalue weighted by Gasteiger charge is -2.01. The van der Waals surface area contributed by atoms with Gasteiger partial charge < -0.3 is 0 Å². The summed E-state index contributed by atoms with van der Waals surface area (Å²) in [5.41, 5.74) is 2.64. The molecule has 0 unspecified atom stereocenters. The summed E-state index contributed by atoms with van der Waals surface area (Å²) in [6.45, 7) is 1.93. The van der Waals surface area contributed by atoms with Gasteiger partial charge in [0, 0.05) is 18.0 Å². The average molecular weight is 174 g/mol. The molecule has 1 aromatic carbocycles. The lowest BCUT2D eigenvalue weighted by molar-refractivity contribution is 0.112. The summed E-state index contributed by atoms with van der Waals surface area (Å²) in [5.74, 6) is 0. The topological polar surface area (TPSA) is 34.9 Å². The highest BCUT2D eigenvalue weighted by atomic mass is 16.1. The second kappa shape index (κ2) is 2.69. The molecule has 0 aliphatic carbocycles. The van der Waals surface area contributed by atoms with Gasteiger partial charge in [0.05, 0.1) is 11.7 Å². The molecule has 3 heteroatoms. The Kier molecular flexibility index (Phi) is 1.65. The maximum atomic E-state index is 10.9. The van der Waals surface area contributed by atoms with E-state index in [2.05, 4.69) is 5.10 Å². The Morgan fingerprint density at radius 3 is 2.92 bits per heavy atom. The van der Waals surface area contributed by atoms with E-state index in [1.54, 1.807) is 10.9 Å². The van der Waals surface area contributed by atoms with Gasteiger partial charge in [-0.1, -0.05) is 12.1 Å². The molecule has 0 aliphatic heterocycles. The van der Waals surface area contributed by atoms with Crippen LogP contribution in [0.1, 0.15) is 15.9 Å². The highest BCUT2D eigenvalue weighted by molar-refractivity contribution is 5.97. The molecule has 0 radical (unpaired) electrons. The van der Waals surface area contributed by atoms with Gasteiger partial charge in [0.15, 0.2) is 6.29 Å². The summed E-state index contributed by atoms with van der Waals surface area (Å²) < 4.78 is 1.73. The average Bonchev–Trinajstić information content (AvgIpc) is 2.49. The van der Waals surface area contributed by atoms with Crippen LogP contribution in [0, 0.1) is 6.92 Å². The summed E-state index contributed by atoms with van der Waals surface area (Å²) in [6, 6.07) is 3.92. The SMILES string of the molecule is Cc1ccc2cnn(C)c2c1C=O. The van der Waals surface area contributed by atoms with Crippen LogP contribution < -0.4 is 0 Å². The molecule has 0 atom stereocenters. The Morgan fingerprint density at radius 2 is 2.23 bits per heavy atom. The Balaban J connectivity index is 2.96. The van der Waals surface area contributed by atoms with Gasteiger partial charge in [0.25, 0.3) is 0 Å². The number of carbonyl (C=O) groups is 1. The lowest BCUT2D eigenvalue weighted by atomic mass is 10.1. The molecular weight excluding hydrogens is 164 g/mol. The molecule has 0 spiro atoms. The minimum atomic E-state index is 0.734. The van der Waals surface area contributed by atoms with E-state index < -0.39 is 0 Å².